The van der Waals surface area contributed by atoms with E-state index in [1.54, 1.807) is 18.1 Å². The van der Waals surface area contributed by atoms with Crippen LogP contribution in [0.25, 0.3) is 0 Å². The van der Waals surface area contributed by atoms with Crippen LogP contribution in [0.5, 0.6) is 0 Å². The summed E-state index contributed by atoms with van der Waals surface area (Å²) in [4.78, 5) is 15.9. The molecule has 4 heteroatoms. The Bertz CT molecular complexity index is 292. The van der Waals surface area contributed by atoms with Gasteiger partial charge in [0.05, 0.1) is 0 Å². The number of carbonyl (C=O) groups excluding carboxylic acids is 1. The van der Waals surface area contributed by atoms with Crippen molar-refractivity contribution in [1.29, 1.82) is 0 Å². The van der Waals surface area contributed by atoms with Crippen LogP contribution in [-0.2, 0) is 4.79 Å². The summed E-state index contributed by atoms with van der Waals surface area (Å²) in [6, 6.07) is -0.0906. The first-order valence-electron chi connectivity index (χ1n) is 5.35. The standard InChI is InChI=1S/C11H17N3O/c1-13-7-3-2-4-10(11(13)15)14-8-5-12-6-9-14/h2-4,7,10,12H,5-6,8-9H2,1H3. The summed E-state index contributed by atoms with van der Waals surface area (Å²) < 4.78 is 0. The van der Waals surface area contributed by atoms with Gasteiger partial charge in [0.15, 0.2) is 0 Å². The molecule has 2 aliphatic heterocycles. The molecule has 15 heavy (non-hydrogen) atoms. The number of hydrogen-bond donors (Lipinski definition) is 1. The lowest BCUT2D eigenvalue weighted by Crippen LogP contribution is -2.52. The summed E-state index contributed by atoms with van der Waals surface area (Å²) in [6.07, 6.45) is 7.64. The average Bonchev–Trinajstić information content (AvgIpc) is 2.44. The van der Waals surface area contributed by atoms with Crippen LogP contribution in [0.4, 0.5) is 0 Å². The zero-order chi connectivity index (χ0) is 10.7. The number of likely N-dealkylation sites (N-methyl/N-ethyl adjacent to an activating group) is 1. The van der Waals surface area contributed by atoms with Gasteiger partial charge < -0.3 is 10.2 Å². The number of nitrogens with zero attached hydrogens (tertiary/aromatic N) is 2. The predicted molar refractivity (Wildman–Crippen MR) is 59.3 cm³/mol. The first-order valence-corrected chi connectivity index (χ1v) is 5.35. The van der Waals surface area contributed by atoms with Crippen molar-refractivity contribution in [2.24, 2.45) is 0 Å². The Labute approximate surface area is 90.2 Å². The maximum atomic E-state index is 12.0. The van der Waals surface area contributed by atoms with Crippen LogP contribution in [0, 0.1) is 0 Å². The van der Waals surface area contributed by atoms with E-state index in [1.165, 1.54) is 0 Å². The lowest BCUT2D eigenvalue weighted by molar-refractivity contribution is -0.131. The predicted octanol–water partition coefficient (Wildman–Crippen LogP) is -0.198. The molecule has 1 unspecified atom stereocenters. The van der Waals surface area contributed by atoms with Gasteiger partial charge in [-0.2, -0.15) is 0 Å². The van der Waals surface area contributed by atoms with Crippen LogP contribution in [0.1, 0.15) is 0 Å². The molecule has 0 aliphatic carbocycles. The number of carbonyl (C=O) groups is 1. The molecular formula is C11H17N3O. The van der Waals surface area contributed by atoms with Crippen molar-refractivity contribution >= 4 is 5.91 Å². The lowest BCUT2D eigenvalue weighted by Gasteiger charge is -2.33. The summed E-state index contributed by atoms with van der Waals surface area (Å²) >= 11 is 0. The molecule has 4 nitrogen and oxygen atoms in total. The van der Waals surface area contributed by atoms with E-state index in [0.717, 1.165) is 26.2 Å². The van der Waals surface area contributed by atoms with Gasteiger partial charge in [-0.3, -0.25) is 9.69 Å². The van der Waals surface area contributed by atoms with Gasteiger partial charge >= 0.3 is 0 Å². The Morgan fingerprint density at radius 2 is 2.07 bits per heavy atom. The fraction of sp³-hybridized carbons (Fsp3) is 0.545. The van der Waals surface area contributed by atoms with Crippen molar-refractivity contribution in [2.45, 2.75) is 6.04 Å². The van der Waals surface area contributed by atoms with E-state index in [2.05, 4.69) is 10.2 Å². The molecule has 0 aromatic rings. The van der Waals surface area contributed by atoms with Crippen LogP contribution in [0.15, 0.2) is 24.4 Å². The van der Waals surface area contributed by atoms with Crippen LogP contribution in [0.2, 0.25) is 0 Å². The molecule has 0 radical (unpaired) electrons. The molecule has 2 heterocycles. The van der Waals surface area contributed by atoms with Crippen molar-refractivity contribution < 1.29 is 4.79 Å². The minimum Gasteiger partial charge on any atom is -0.321 e. The highest BCUT2D eigenvalue weighted by Gasteiger charge is 2.26. The molecule has 0 aromatic carbocycles. The Morgan fingerprint density at radius 3 is 2.80 bits per heavy atom. The zero-order valence-corrected chi connectivity index (χ0v) is 9.02. The summed E-state index contributed by atoms with van der Waals surface area (Å²) in [5, 5.41) is 3.29. The highest BCUT2D eigenvalue weighted by atomic mass is 16.2. The van der Waals surface area contributed by atoms with Crippen molar-refractivity contribution in [3.8, 4) is 0 Å². The van der Waals surface area contributed by atoms with Crippen LogP contribution < -0.4 is 5.32 Å². The Hall–Kier alpha value is -1.13. The first-order chi connectivity index (χ1) is 7.29. The molecule has 1 fully saturated rings. The van der Waals surface area contributed by atoms with Crippen molar-refractivity contribution in [3.63, 3.8) is 0 Å². The van der Waals surface area contributed by atoms with Crippen LogP contribution in [-0.4, -0.2) is 55.0 Å². The summed E-state index contributed by atoms with van der Waals surface area (Å²) in [5.41, 5.74) is 0. The van der Waals surface area contributed by atoms with Gasteiger partial charge in [-0.05, 0) is 6.08 Å². The third-order valence-electron chi connectivity index (χ3n) is 2.86. The Morgan fingerprint density at radius 1 is 1.33 bits per heavy atom. The highest BCUT2D eigenvalue weighted by Crippen LogP contribution is 2.09. The van der Waals surface area contributed by atoms with Gasteiger partial charge in [0.1, 0.15) is 6.04 Å². The minimum atomic E-state index is -0.0906. The Kier molecular flexibility index (Phi) is 3.18. The van der Waals surface area contributed by atoms with E-state index in [-0.39, 0.29) is 11.9 Å². The first kappa shape index (κ1) is 10.4. The number of piperazine rings is 1. The second-order valence-electron chi connectivity index (χ2n) is 3.91. The van der Waals surface area contributed by atoms with Gasteiger partial charge in [0, 0.05) is 39.4 Å². The van der Waals surface area contributed by atoms with Gasteiger partial charge in [0.25, 0.3) is 0 Å². The van der Waals surface area contributed by atoms with Crippen LogP contribution in [0.3, 0.4) is 0 Å². The monoisotopic (exact) mass is 207 g/mol. The highest BCUT2D eigenvalue weighted by molar-refractivity contribution is 5.85. The number of hydrogen-bond acceptors (Lipinski definition) is 3. The number of allylic oxidation sites excluding steroid dienone is 2. The molecule has 0 bridgehead atoms. The summed E-state index contributed by atoms with van der Waals surface area (Å²) in [5.74, 6) is 0.155. The molecular weight excluding hydrogens is 190 g/mol. The number of rotatable bonds is 1. The molecule has 1 saturated heterocycles. The van der Waals surface area contributed by atoms with E-state index in [9.17, 15) is 4.79 Å². The largest absolute Gasteiger partial charge is 0.321 e. The van der Waals surface area contributed by atoms with E-state index >= 15 is 0 Å². The van der Waals surface area contributed by atoms with Gasteiger partial charge in [0.2, 0.25) is 5.91 Å². The quantitative estimate of drug-likeness (QED) is 0.647. The van der Waals surface area contributed by atoms with E-state index in [4.69, 9.17) is 0 Å². The fourth-order valence-electron chi connectivity index (χ4n) is 1.95. The topological polar surface area (TPSA) is 35.6 Å². The SMILES string of the molecule is CN1C=CC=CC(N2CCNCC2)C1=O. The molecule has 0 aromatic heterocycles. The average molecular weight is 207 g/mol. The molecule has 1 amide bonds. The third kappa shape index (κ3) is 2.27. The molecule has 0 spiro atoms. The molecule has 1 N–H and O–H groups in total. The number of amides is 1. The number of nitrogens with one attached hydrogen (secondary N) is 1. The maximum Gasteiger partial charge on any atom is 0.247 e. The minimum absolute atomic E-state index is 0.0906. The second-order valence-corrected chi connectivity index (χ2v) is 3.91. The van der Waals surface area contributed by atoms with Crippen LogP contribution >= 0.6 is 0 Å². The van der Waals surface area contributed by atoms with E-state index in [0.29, 0.717) is 0 Å². The van der Waals surface area contributed by atoms with E-state index < -0.39 is 0 Å². The fourth-order valence-corrected chi connectivity index (χ4v) is 1.95. The summed E-state index contributed by atoms with van der Waals surface area (Å²) in [6.45, 7) is 3.81. The zero-order valence-electron chi connectivity index (χ0n) is 9.02. The normalized spacial score (nSPS) is 28.2. The lowest BCUT2D eigenvalue weighted by atomic mass is 10.2. The summed E-state index contributed by atoms with van der Waals surface area (Å²) in [7, 11) is 1.81. The molecule has 2 rings (SSSR count). The van der Waals surface area contributed by atoms with E-state index in [1.807, 2.05) is 18.2 Å². The van der Waals surface area contributed by atoms with Gasteiger partial charge in [-0.15, -0.1) is 0 Å². The molecule has 82 valence electrons. The van der Waals surface area contributed by atoms with Crippen molar-refractivity contribution in [1.82, 2.24) is 15.1 Å². The second kappa shape index (κ2) is 4.59. The molecule has 1 atom stereocenters. The Balaban J connectivity index is 2.09. The smallest absolute Gasteiger partial charge is 0.247 e. The van der Waals surface area contributed by atoms with Gasteiger partial charge in [-0.1, -0.05) is 12.2 Å². The van der Waals surface area contributed by atoms with Gasteiger partial charge in [-0.25, -0.2) is 0 Å². The molecule has 2 aliphatic rings. The maximum absolute atomic E-state index is 12.0. The third-order valence-corrected chi connectivity index (χ3v) is 2.86. The van der Waals surface area contributed by atoms with Crippen molar-refractivity contribution in [3.05, 3.63) is 24.4 Å². The van der Waals surface area contributed by atoms with Crippen molar-refractivity contribution in [2.75, 3.05) is 33.2 Å². The molecule has 0 saturated carbocycles.